The van der Waals surface area contributed by atoms with Crippen LogP contribution in [0.4, 0.5) is 0 Å². The van der Waals surface area contributed by atoms with Crippen LogP contribution >= 0.6 is 10.7 Å². The van der Waals surface area contributed by atoms with E-state index >= 15 is 0 Å². The third-order valence-electron chi connectivity index (χ3n) is 2.55. The van der Waals surface area contributed by atoms with Crippen molar-refractivity contribution in [3.63, 3.8) is 0 Å². The number of halogens is 1. The summed E-state index contributed by atoms with van der Waals surface area (Å²) >= 11 is 0. The molecule has 0 atom stereocenters. The molecule has 0 radical (unpaired) electrons. The van der Waals surface area contributed by atoms with Gasteiger partial charge in [0, 0.05) is 10.7 Å². The lowest BCUT2D eigenvalue weighted by Crippen LogP contribution is -2.03. The molecule has 1 rings (SSSR count). The minimum absolute atomic E-state index is 0.138. The van der Waals surface area contributed by atoms with Crippen LogP contribution in [0.2, 0.25) is 0 Å². The summed E-state index contributed by atoms with van der Waals surface area (Å²) in [6.07, 6.45) is 1.64. The number of ether oxygens (including phenoxy) is 1. The molecule has 0 heterocycles. The van der Waals surface area contributed by atoms with Crippen LogP contribution in [0.15, 0.2) is 29.7 Å². The second-order valence-electron chi connectivity index (χ2n) is 4.35. The zero-order valence-electron chi connectivity index (χ0n) is 10.7. The van der Waals surface area contributed by atoms with Crippen LogP contribution in [-0.4, -0.2) is 15.0 Å². The summed E-state index contributed by atoms with van der Waals surface area (Å²) in [5.74, 6) is 0.814. The van der Waals surface area contributed by atoms with Crippen molar-refractivity contribution in [1.29, 1.82) is 0 Å². The van der Waals surface area contributed by atoms with Crippen molar-refractivity contribution < 1.29 is 13.2 Å². The lowest BCUT2D eigenvalue weighted by atomic mass is 10.0. The van der Waals surface area contributed by atoms with Gasteiger partial charge in [0.05, 0.1) is 4.90 Å². The average molecular weight is 289 g/mol. The van der Waals surface area contributed by atoms with Gasteiger partial charge in [-0.05, 0) is 36.1 Å². The summed E-state index contributed by atoms with van der Waals surface area (Å²) in [7, 11) is 1.68. The standard InChI is InChI=1S/C13H17ClO3S/c1-5-6-17-12-7-10(4)13(18(14,15)16)8-11(12)9(2)3/h5,7-9H,1,6H2,2-4H3. The topological polar surface area (TPSA) is 43.4 Å². The van der Waals surface area contributed by atoms with Gasteiger partial charge in [-0.1, -0.05) is 26.5 Å². The van der Waals surface area contributed by atoms with Gasteiger partial charge in [0.1, 0.15) is 12.4 Å². The van der Waals surface area contributed by atoms with Crippen LogP contribution in [0.5, 0.6) is 5.75 Å². The Kier molecular flexibility index (Phi) is 4.82. The monoisotopic (exact) mass is 288 g/mol. The first-order valence-corrected chi connectivity index (χ1v) is 7.91. The predicted molar refractivity (Wildman–Crippen MR) is 74.0 cm³/mol. The Morgan fingerprint density at radius 3 is 2.50 bits per heavy atom. The average Bonchev–Trinajstić information content (AvgIpc) is 2.23. The first kappa shape index (κ1) is 15.1. The van der Waals surface area contributed by atoms with E-state index in [1.807, 2.05) is 13.8 Å². The summed E-state index contributed by atoms with van der Waals surface area (Å²) < 4.78 is 28.5. The van der Waals surface area contributed by atoms with E-state index in [0.29, 0.717) is 17.9 Å². The molecule has 0 amide bonds. The van der Waals surface area contributed by atoms with Gasteiger partial charge >= 0.3 is 0 Å². The van der Waals surface area contributed by atoms with Crippen LogP contribution in [0.1, 0.15) is 30.9 Å². The van der Waals surface area contributed by atoms with Crippen molar-refractivity contribution in [3.05, 3.63) is 35.9 Å². The molecule has 0 aliphatic carbocycles. The molecule has 0 aromatic heterocycles. The summed E-state index contributed by atoms with van der Waals surface area (Å²) in [5, 5.41) is 0. The molecule has 0 unspecified atom stereocenters. The molecule has 3 nitrogen and oxygen atoms in total. The van der Waals surface area contributed by atoms with Gasteiger partial charge in [-0.3, -0.25) is 0 Å². The summed E-state index contributed by atoms with van der Waals surface area (Å²) in [5.41, 5.74) is 1.40. The van der Waals surface area contributed by atoms with Gasteiger partial charge in [0.2, 0.25) is 0 Å². The van der Waals surface area contributed by atoms with Crippen molar-refractivity contribution in [2.24, 2.45) is 0 Å². The minimum Gasteiger partial charge on any atom is -0.489 e. The van der Waals surface area contributed by atoms with Crippen LogP contribution < -0.4 is 4.74 Å². The smallest absolute Gasteiger partial charge is 0.261 e. The highest BCUT2D eigenvalue weighted by Gasteiger charge is 2.18. The van der Waals surface area contributed by atoms with Gasteiger partial charge in [0.15, 0.2) is 0 Å². The summed E-state index contributed by atoms with van der Waals surface area (Å²) in [4.78, 5) is 0.138. The maximum atomic E-state index is 11.5. The molecule has 0 saturated heterocycles. The molecule has 0 spiro atoms. The lowest BCUT2D eigenvalue weighted by molar-refractivity contribution is 0.357. The first-order valence-electron chi connectivity index (χ1n) is 5.60. The maximum Gasteiger partial charge on any atom is 0.261 e. The van der Waals surface area contributed by atoms with Crippen LogP contribution in [0, 0.1) is 6.92 Å². The molecule has 0 bridgehead atoms. The molecule has 0 aliphatic rings. The molecular formula is C13H17ClO3S. The van der Waals surface area contributed by atoms with E-state index in [1.54, 1.807) is 25.1 Å². The van der Waals surface area contributed by atoms with Crippen LogP contribution in [0.3, 0.4) is 0 Å². The van der Waals surface area contributed by atoms with E-state index in [0.717, 1.165) is 5.56 Å². The van der Waals surface area contributed by atoms with E-state index in [1.165, 1.54) is 0 Å². The Labute approximate surface area is 113 Å². The van der Waals surface area contributed by atoms with Gasteiger partial charge < -0.3 is 4.74 Å². The van der Waals surface area contributed by atoms with E-state index < -0.39 is 9.05 Å². The number of benzene rings is 1. The predicted octanol–water partition coefficient (Wildman–Crippen LogP) is 3.61. The van der Waals surface area contributed by atoms with E-state index in [-0.39, 0.29) is 10.8 Å². The molecule has 18 heavy (non-hydrogen) atoms. The zero-order valence-corrected chi connectivity index (χ0v) is 12.3. The molecule has 0 N–H and O–H groups in total. The third-order valence-corrected chi connectivity index (χ3v) is 4.01. The van der Waals surface area contributed by atoms with Gasteiger partial charge in [0.25, 0.3) is 9.05 Å². The van der Waals surface area contributed by atoms with E-state index in [2.05, 4.69) is 6.58 Å². The quantitative estimate of drug-likeness (QED) is 0.614. The summed E-state index contributed by atoms with van der Waals surface area (Å²) in [6, 6.07) is 3.29. The Morgan fingerprint density at radius 1 is 1.44 bits per heavy atom. The molecular weight excluding hydrogens is 272 g/mol. The van der Waals surface area contributed by atoms with E-state index in [4.69, 9.17) is 15.4 Å². The van der Waals surface area contributed by atoms with Crippen molar-refractivity contribution in [3.8, 4) is 5.75 Å². The highest BCUT2D eigenvalue weighted by atomic mass is 35.7. The normalized spacial score (nSPS) is 11.6. The van der Waals surface area contributed by atoms with Crippen molar-refractivity contribution in [1.82, 2.24) is 0 Å². The fourth-order valence-electron chi connectivity index (χ4n) is 1.66. The zero-order chi connectivity index (χ0) is 13.9. The lowest BCUT2D eigenvalue weighted by Gasteiger charge is -2.16. The van der Waals surface area contributed by atoms with Gasteiger partial charge in [-0.2, -0.15) is 0 Å². The van der Waals surface area contributed by atoms with Crippen molar-refractivity contribution in [2.75, 3.05) is 6.61 Å². The van der Waals surface area contributed by atoms with Gasteiger partial charge in [-0.15, -0.1) is 0 Å². The van der Waals surface area contributed by atoms with Crippen molar-refractivity contribution in [2.45, 2.75) is 31.6 Å². The molecule has 0 fully saturated rings. The molecule has 1 aromatic carbocycles. The Balaban J connectivity index is 3.39. The Hall–Kier alpha value is -1.00. The number of hydrogen-bond acceptors (Lipinski definition) is 3. The molecule has 100 valence electrons. The molecule has 5 heteroatoms. The molecule has 0 aliphatic heterocycles. The van der Waals surface area contributed by atoms with Crippen molar-refractivity contribution >= 4 is 19.7 Å². The minimum atomic E-state index is -3.73. The van der Waals surface area contributed by atoms with Gasteiger partial charge in [-0.25, -0.2) is 8.42 Å². The Morgan fingerprint density at radius 2 is 2.06 bits per heavy atom. The molecule has 0 saturated carbocycles. The maximum absolute atomic E-state index is 11.5. The fourth-order valence-corrected chi connectivity index (χ4v) is 2.87. The second-order valence-corrected chi connectivity index (χ2v) is 6.88. The SMILES string of the molecule is C=CCOc1cc(C)c(S(=O)(=O)Cl)cc1C(C)C. The third kappa shape index (κ3) is 3.50. The number of aryl methyl sites for hydroxylation is 1. The highest BCUT2D eigenvalue weighted by Crippen LogP contribution is 2.32. The number of rotatable bonds is 5. The second kappa shape index (κ2) is 5.76. The first-order chi connectivity index (χ1) is 8.27. The van der Waals surface area contributed by atoms with Crippen LogP contribution in [-0.2, 0) is 9.05 Å². The summed E-state index contributed by atoms with van der Waals surface area (Å²) in [6.45, 7) is 9.60. The number of hydrogen-bond donors (Lipinski definition) is 0. The van der Waals surface area contributed by atoms with E-state index in [9.17, 15) is 8.42 Å². The van der Waals surface area contributed by atoms with Crippen LogP contribution in [0.25, 0.3) is 0 Å². The fraction of sp³-hybridized carbons (Fsp3) is 0.385. The molecule has 1 aromatic rings. The Bertz CT molecular complexity index is 548. The largest absolute Gasteiger partial charge is 0.489 e. The highest BCUT2D eigenvalue weighted by molar-refractivity contribution is 8.13.